The molecule has 3 rings (SSSR count). The molecule has 1 aromatic carbocycles. The third kappa shape index (κ3) is 3.91. The van der Waals surface area contributed by atoms with Gasteiger partial charge in [0.1, 0.15) is 0 Å². The SMILES string of the molecule is CC[C@H](CO)Nc1nc(NCc2ccccc2)c2nnn(C(C)C)c2n1. The molecule has 0 amide bonds. The largest absolute Gasteiger partial charge is 0.394 e. The second kappa shape index (κ2) is 8.09. The Balaban J connectivity index is 1.96. The van der Waals surface area contributed by atoms with Crippen LogP contribution in [0, 0.1) is 0 Å². The van der Waals surface area contributed by atoms with Crippen molar-refractivity contribution in [3.63, 3.8) is 0 Å². The van der Waals surface area contributed by atoms with Gasteiger partial charge in [0, 0.05) is 6.54 Å². The predicted molar refractivity (Wildman–Crippen MR) is 102 cm³/mol. The number of aliphatic hydroxyl groups is 1. The van der Waals surface area contributed by atoms with E-state index in [1.54, 1.807) is 4.68 Å². The molecule has 8 heteroatoms. The number of anilines is 2. The van der Waals surface area contributed by atoms with E-state index in [1.807, 2.05) is 51.1 Å². The Labute approximate surface area is 152 Å². The molecule has 0 aliphatic heterocycles. The maximum atomic E-state index is 9.46. The highest BCUT2D eigenvalue weighted by Crippen LogP contribution is 2.23. The van der Waals surface area contributed by atoms with Gasteiger partial charge in [0.25, 0.3) is 0 Å². The van der Waals surface area contributed by atoms with Gasteiger partial charge < -0.3 is 15.7 Å². The van der Waals surface area contributed by atoms with E-state index in [2.05, 4.69) is 30.9 Å². The van der Waals surface area contributed by atoms with Gasteiger partial charge in [-0.2, -0.15) is 9.97 Å². The minimum Gasteiger partial charge on any atom is -0.394 e. The van der Waals surface area contributed by atoms with Crippen LogP contribution in [0.25, 0.3) is 11.2 Å². The number of fused-ring (bicyclic) bond motifs is 1. The summed E-state index contributed by atoms with van der Waals surface area (Å²) in [4.78, 5) is 9.14. The van der Waals surface area contributed by atoms with Gasteiger partial charge in [-0.25, -0.2) is 4.68 Å². The van der Waals surface area contributed by atoms with E-state index >= 15 is 0 Å². The summed E-state index contributed by atoms with van der Waals surface area (Å²) in [7, 11) is 0. The lowest BCUT2D eigenvalue weighted by Gasteiger charge is -2.15. The van der Waals surface area contributed by atoms with Gasteiger partial charge in [-0.3, -0.25) is 0 Å². The van der Waals surface area contributed by atoms with Gasteiger partial charge in [0.15, 0.2) is 17.0 Å². The Morgan fingerprint density at radius 2 is 1.92 bits per heavy atom. The molecule has 0 bridgehead atoms. The summed E-state index contributed by atoms with van der Waals surface area (Å²) in [5, 5.41) is 24.5. The van der Waals surface area contributed by atoms with Crippen LogP contribution in [0.5, 0.6) is 0 Å². The van der Waals surface area contributed by atoms with Crippen molar-refractivity contribution < 1.29 is 5.11 Å². The van der Waals surface area contributed by atoms with Crippen molar-refractivity contribution in [2.45, 2.75) is 45.8 Å². The molecule has 0 fully saturated rings. The Morgan fingerprint density at radius 3 is 2.58 bits per heavy atom. The Hall–Kier alpha value is -2.74. The molecule has 3 N–H and O–H groups in total. The zero-order valence-electron chi connectivity index (χ0n) is 15.3. The van der Waals surface area contributed by atoms with Gasteiger partial charge in [-0.05, 0) is 25.8 Å². The number of hydrogen-bond acceptors (Lipinski definition) is 7. The number of aliphatic hydroxyl groups excluding tert-OH is 1. The normalized spacial score (nSPS) is 12.5. The van der Waals surface area contributed by atoms with Crippen molar-refractivity contribution in [3.8, 4) is 0 Å². The lowest BCUT2D eigenvalue weighted by Crippen LogP contribution is -2.24. The van der Waals surface area contributed by atoms with Crippen LogP contribution in [0.15, 0.2) is 30.3 Å². The van der Waals surface area contributed by atoms with E-state index in [0.29, 0.717) is 29.5 Å². The number of hydrogen-bond donors (Lipinski definition) is 3. The van der Waals surface area contributed by atoms with Crippen LogP contribution < -0.4 is 10.6 Å². The summed E-state index contributed by atoms with van der Waals surface area (Å²) in [5.74, 6) is 1.08. The van der Waals surface area contributed by atoms with E-state index in [9.17, 15) is 5.11 Å². The highest BCUT2D eigenvalue weighted by atomic mass is 16.3. The van der Waals surface area contributed by atoms with Crippen LogP contribution in [-0.4, -0.2) is 42.7 Å². The van der Waals surface area contributed by atoms with Crippen molar-refractivity contribution in [1.29, 1.82) is 0 Å². The fourth-order valence-corrected chi connectivity index (χ4v) is 2.61. The van der Waals surface area contributed by atoms with Crippen LogP contribution in [-0.2, 0) is 6.54 Å². The maximum Gasteiger partial charge on any atom is 0.227 e. The molecule has 0 saturated carbocycles. The first-order chi connectivity index (χ1) is 12.6. The quantitative estimate of drug-likeness (QED) is 0.571. The summed E-state index contributed by atoms with van der Waals surface area (Å²) in [6, 6.07) is 10.1. The summed E-state index contributed by atoms with van der Waals surface area (Å²) in [6.07, 6.45) is 0.770. The zero-order valence-corrected chi connectivity index (χ0v) is 15.3. The average molecular weight is 355 g/mol. The molecular formula is C18H25N7O. The van der Waals surface area contributed by atoms with Gasteiger partial charge >= 0.3 is 0 Å². The topological polar surface area (TPSA) is 101 Å². The molecule has 3 aromatic rings. The van der Waals surface area contributed by atoms with Crippen molar-refractivity contribution >= 4 is 22.9 Å². The molecule has 0 spiro atoms. The Kier molecular flexibility index (Phi) is 5.62. The number of nitrogens with zero attached hydrogens (tertiary/aromatic N) is 5. The molecule has 138 valence electrons. The van der Waals surface area contributed by atoms with E-state index in [4.69, 9.17) is 0 Å². The van der Waals surface area contributed by atoms with Crippen LogP contribution in [0.3, 0.4) is 0 Å². The van der Waals surface area contributed by atoms with Crippen molar-refractivity contribution in [1.82, 2.24) is 25.0 Å². The smallest absolute Gasteiger partial charge is 0.227 e. The predicted octanol–water partition coefficient (Wildman–Crippen LogP) is 2.60. The third-order valence-electron chi connectivity index (χ3n) is 4.16. The first kappa shape index (κ1) is 18.1. The highest BCUT2D eigenvalue weighted by Gasteiger charge is 2.17. The summed E-state index contributed by atoms with van der Waals surface area (Å²) in [6.45, 7) is 6.71. The molecule has 8 nitrogen and oxygen atoms in total. The summed E-state index contributed by atoms with van der Waals surface area (Å²) in [5.41, 5.74) is 2.45. The van der Waals surface area contributed by atoms with Crippen LogP contribution in [0.2, 0.25) is 0 Å². The zero-order chi connectivity index (χ0) is 18.5. The molecule has 0 aliphatic carbocycles. The molecule has 0 radical (unpaired) electrons. The second-order valence-corrected chi connectivity index (χ2v) is 6.47. The van der Waals surface area contributed by atoms with Gasteiger partial charge in [-0.1, -0.05) is 42.5 Å². The second-order valence-electron chi connectivity index (χ2n) is 6.47. The summed E-state index contributed by atoms with van der Waals surface area (Å²) < 4.78 is 1.77. The van der Waals surface area contributed by atoms with E-state index in [0.717, 1.165) is 12.0 Å². The van der Waals surface area contributed by atoms with Crippen LogP contribution >= 0.6 is 0 Å². The van der Waals surface area contributed by atoms with E-state index < -0.39 is 0 Å². The molecule has 2 aromatic heterocycles. The van der Waals surface area contributed by atoms with E-state index in [1.165, 1.54) is 0 Å². The first-order valence-electron chi connectivity index (χ1n) is 8.90. The maximum absolute atomic E-state index is 9.46. The van der Waals surface area contributed by atoms with Crippen molar-refractivity contribution in [3.05, 3.63) is 35.9 Å². The van der Waals surface area contributed by atoms with Crippen molar-refractivity contribution in [2.24, 2.45) is 0 Å². The van der Waals surface area contributed by atoms with E-state index in [-0.39, 0.29) is 18.7 Å². The number of benzene rings is 1. The molecule has 26 heavy (non-hydrogen) atoms. The fraction of sp³-hybridized carbons (Fsp3) is 0.444. The van der Waals surface area contributed by atoms with Gasteiger partial charge in [0.2, 0.25) is 5.95 Å². The minimum atomic E-state index is -0.0993. The lowest BCUT2D eigenvalue weighted by molar-refractivity contribution is 0.271. The molecule has 1 atom stereocenters. The number of rotatable bonds is 8. The highest BCUT2D eigenvalue weighted by molar-refractivity contribution is 5.83. The molecule has 0 aliphatic rings. The summed E-state index contributed by atoms with van der Waals surface area (Å²) >= 11 is 0. The van der Waals surface area contributed by atoms with Crippen molar-refractivity contribution in [2.75, 3.05) is 17.2 Å². The third-order valence-corrected chi connectivity index (χ3v) is 4.16. The standard InChI is InChI=1S/C18H25N7O/c1-4-14(11-26)20-18-21-16(19-10-13-8-6-5-7-9-13)15-17(22-18)25(12(2)3)24-23-15/h5-9,12,14,26H,4,10-11H2,1-3H3,(H2,19,20,21,22)/t14-/m1/s1. The Morgan fingerprint density at radius 1 is 1.15 bits per heavy atom. The molecule has 2 heterocycles. The number of aromatic nitrogens is 5. The minimum absolute atomic E-state index is 0.0202. The van der Waals surface area contributed by atoms with Crippen LogP contribution in [0.1, 0.15) is 38.8 Å². The van der Waals surface area contributed by atoms with Crippen LogP contribution in [0.4, 0.5) is 11.8 Å². The monoisotopic (exact) mass is 355 g/mol. The van der Waals surface area contributed by atoms with Gasteiger partial charge in [0.05, 0.1) is 18.7 Å². The average Bonchev–Trinajstić information content (AvgIpc) is 3.09. The molecular weight excluding hydrogens is 330 g/mol. The molecule has 0 unspecified atom stereocenters. The first-order valence-corrected chi connectivity index (χ1v) is 8.90. The lowest BCUT2D eigenvalue weighted by atomic mass is 10.2. The number of nitrogens with one attached hydrogen (secondary N) is 2. The molecule has 0 saturated heterocycles. The van der Waals surface area contributed by atoms with Gasteiger partial charge in [-0.15, -0.1) is 5.10 Å². The Bertz CT molecular complexity index is 843. The fourth-order valence-electron chi connectivity index (χ4n) is 2.61.